The third kappa shape index (κ3) is 8.23. The van der Waals surface area contributed by atoms with Crippen LogP contribution in [-0.2, 0) is 14.3 Å². The quantitative estimate of drug-likeness (QED) is 0.470. The first-order valence-electron chi connectivity index (χ1n) is 5.77. The van der Waals surface area contributed by atoms with Crippen LogP contribution in [0.1, 0.15) is 32.6 Å². The molecule has 0 heterocycles. The van der Waals surface area contributed by atoms with Gasteiger partial charge in [0, 0.05) is 20.2 Å². The molecule has 16 heavy (non-hydrogen) atoms. The molecule has 0 aliphatic carbocycles. The lowest BCUT2D eigenvalue weighted by Gasteiger charge is -2.05. The van der Waals surface area contributed by atoms with Crippen LogP contribution in [0.5, 0.6) is 0 Å². The molecule has 0 radical (unpaired) electrons. The van der Waals surface area contributed by atoms with Crippen LogP contribution in [0.25, 0.3) is 0 Å². The molecule has 0 atom stereocenters. The Labute approximate surface area is 96.9 Å². The second-order valence-corrected chi connectivity index (χ2v) is 3.57. The zero-order chi connectivity index (χ0) is 12.2. The highest BCUT2D eigenvalue weighted by Crippen LogP contribution is 1.96. The molecule has 0 saturated carbocycles. The molecule has 2 amide bonds. The summed E-state index contributed by atoms with van der Waals surface area (Å²) >= 11 is 0. The topological polar surface area (TPSA) is 67.4 Å². The summed E-state index contributed by atoms with van der Waals surface area (Å²) in [6.07, 6.45) is 4.33. The molecule has 0 aliphatic heterocycles. The van der Waals surface area contributed by atoms with Gasteiger partial charge in [0.05, 0.1) is 6.61 Å². The van der Waals surface area contributed by atoms with Gasteiger partial charge in [0.15, 0.2) is 0 Å². The number of unbranched alkanes of at least 4 members (excludes halogenated alkanes) is 3. The second kappa shape index (κ2) is 10.4. The molecule has 5 heteroatoms. The molecule has 0 aromatic heterocycles. The Morgan fingerprint density at radius 3 is 2.19 bits per heavy atom. The van der Waals surface area contributed by atoms with E-state index in [0.29, 0.717) is 19.7 Å². The van der Waals surface area contributed by atoms with E-state index in [1.807, 2.05) is 0 Å². The van der Waals surface area contributed by atoms with Gasteiger partial charge in [-0.1, -0.05) is 26.2 Å². The van der Waals surface area contributed by atoms with Crippen molar-refractivity contribution in [2.45, 2.75) is 32.6 Å². The van der Waals surface area contributed by atoms with Crippen LogP contribution in [0, 0.1) is 0 Å². The van der Waals surface area contributed by atoms with Crippen molar-refractivity contribution in [2.24, 2.45) is 0 Å². The molecule has 0 aromatic carbocycles. The molecular formula is C11H22N2O3. The van der Waals surface area contributed by atoms with E-state index in [0.717, 1.165) is 25.7 Å². The van der Waals surface area contributed by atoms with Crippen LogP contribution < -0.4 is 10.6 Å². The molecule has 0 rings (SSSR count). The van der Waals surface area contributed by atoms with E-state index < -0.39 is 11.8 Å². The third-order valence-electron chi connectivity index (χ3n) is 2.11. The Balaban J connectivity index is 3.44. The highest BCUT2D eigenvalue weighted by Gasteiger charge is 2.10. The Hall–Kier alpha value is -1.10. The summed E-state index contributed by atoms with van der Waals surface area (Å²) in [5.41, 5.74) is 0. The predicted octanol–water partition coefficient (Wildman–Crippen LogP) is 0.446. The Kier molecular flexibility index (Phi) is 9.70. The maximum absolute atomic E-state index is 11.2. The van der Waals surface area contributed by atoms with Gasteiger partial charge < -0.3 is 15.4 Å². The standard InChI is InChI=1S/C11H22N2O3/c1-3-4-5-6-7-12-10(14)11(15)13-8-9-16-2/h3-9H2,1-2H3,(H,12,14)(H,13,15). The van der Waals surface area contributed by atoms with Crippen LogP contribution >= 0.6 is 0 Å². The van der Waals surface area contributed by atoms with Gasteiger partial charge in [-0.2, -0.15) is 0 Å². The largest absolute Gasteiger partial charge is 0.383 e. The van der Waals surface area contributed by atoms with Crippen molar-refractivity contribution in [3.05, 3.63) is 0 Å². The number of amides is 2. The lowest BCUT2D eigenvalue weighted by molar-refractivity contribution is -0.139. The van der Waals surface area contributed by atoms with E-state index in [1.54, 1.807) is 7.11 Å². The summed E-state index contributed by atoms with van der Waals surface area (Å²) in [5.74, 6) is -1.15. The average Bonchev–Trinajstić information content (AvgIpc) is 2.28. The highest BCUT2D eigenvalue weighted by molar-refractivity contribution is 6.35. The minimum absolute atomic E-state index is 0.360. The number of rotatable bonds is 8. The monoisotopic (exact) mass is 230 g/mol. The average molecular weight is 230 g/mol. The molecule has 0 fully saturated rings. The number of hydrogen-bond donors (Lipinski definition) is 2. The van der Waals surface area contributed by atoms with Crippen molar-refractivity contribution < 1.29 is 14.3 Å². The van der Waals surface area contributed by atoms with Crippen molar-refractivity contribution >= 4 is 11.8 Å². The zero-order valence-electron chi connectivity index (χ0n) is 10.2. The highest BCUT2D eigenvalue weighted by atomic mass is 16.5. The molecule has 0 aliphatic rings. The lowest BCUT2D eigenvalue weighted by atomic mass is 10.2. The normalized spacial score (nSPS) is 9.88. The van der Waals surface area contributed by atoms with Gasteiger partial charge in [-0.25, -0.2) is 0 Å². The van der Waals surface area contributed by atoms with Gasteiger partial charge in [-0.3, -0.25) is 9.59 Å². The molecule has 0 saturated heterocycles. The summed E-state index contributed by atoms with van der Waals surface area (Å²) in [7, 11) is 1.54. The Morgan fingerprint density at radius 1 is 1.00 bits per heavy atom. The molecule has 0 aromatic rings. The fourth-order valence-corrected chi connectivity index (χ4v) is 1.18. The number of ether oxygens (including phenoxy) is 1. The molecule has 94 valence electrons. The Morgan fingerprint density at radius 2 is 1.62 bits per heavy atom. The van der Waals surface area contributed by atoms with Crippen LogP contribution in [0.4, 0.5) is 0 Å². The number of carbonyl (C=O) groups is 2. The van der Waals surface area contributed by atoms with Gasteiger partial charge >= 0.3 is 11.8 Å². The lowest BCUT2D eigenvalue weighted by Crippen LogP contribution is -2.41. The SMILES string of the molecule is CCCCCCNC(=O)C(=O)NCCOC. The molecule has 0 spiro atoms. The number of nitrogens with one attached hydrogen (secondary N) is 2. The van der Waals surface area contributed by atoms with Crippen molar-refractivity contribution in [2.75, 3.05) is 26.8 Å². The number of hydrogen-bond acceptors (Lipinski definition) is 3. The summed E-state index contributed by atoms with van der Waals surface area (Å²) in [5, 5.41) is 5.04. The van der Waals surface area contributed by atoms with Crippen molar-refractivity contribution in [3.63, 3.8) is 0 Å². The smallest absolute Gasteiger partial charge is 0.309 e. The van der Waals surface area contributed by atoms with Crippen molar-refractivity contribution in [1.82, 2.24) is 10.6 Å². The van der Waals surface area contributed by atoms with Gasteiger partial charge in [-0.15, -0.1) is 0 Å². The van der Waals surface area contributed by atoms with Crippen LogP contribution in [-0.4, -0.2) is 38.6 Å². The van der Waals surface area contributed by atoms with E-state index in [2.05, 4.69) is 17.6 Å². The first-order valence-corrected chi connectivity index (χ1v) is 5.77. The maximum Gasteiger partial charge on any atom is 0.309 e. The molecular weight excluding hydrogens is 208 g/mol. The van der Waals surface area contributed by atoms with Crippen LogP contribution in [0.2, 0.25) is 0 Å². The minimum Gasteiger partial charge on any atom is -0.383 e. The molecule has 0 unspecified atom stereocenters. The molecule has 2 N–H and O–H groups in total. The second-order valence-electron chi connectivity index (χ2n) is 3.57. The summed E-state index contributed by atoms with van der Waals surface area (Å²) in [6.45, 7) is 3.46. The predicted molar refractivity (Wildman–Crippen MR) is 62.0 cm³/mol. The fourth-order valence-electron chi connectivity index (χ4n) is 1.18. The van der Waals surface area contributed by atoms with Crippen molar-refractivity contribution in [1.29, 1.82) is 0 Å². The summed E-state index contributed by atoms with van der Waals surface area (Å²) in [6, 6.07) is 0. The van der Waals surface area contributed by atoms with E-state index in [4.69, 9.17) is 4.74 Å². The van der Waals surface area contributed by atoms with E-state index in [-0.39, 0.29) is 0 Å². The van der Waals surface area contributed by atoms with Crippen LogP contribution in [0.15, 0.2) is 0 Å². The fraction of sp³-hybridized carbons (Fsp3) is 0.818. The van der Waals surface area contributed by atoms with Gasteiger partial charge in [0.25, 0.3) is 0 Å². The van der Waals surface area contributed by atoms with E-state index >= 15 is 0 Å². The maximum atomic E-state index is 11.2. The van der Waals surface area contributed by atoms with E-state index in [1.165, 1.54) is 0 Å². The summed E-state index contributed by atoms with van der Waals surface area (Å²) < 4.78 is 4.75. The van der Waals surface area contributed by atoms with Gasteiger partial charge in [-0.05, 0) is 6.42 Å². The Bertz CT molecular complexity index is 207. The van der Waals surface area contributed by atoms with Gasteiger partial charge in [0.2, 0.25) is 0 Å². The zero-order valence-corrected chi connectivity index (χ0v) is 10.2. The van der Waals surface area contributed by atoms with Crippen molar-refractivity contribution in [3.8, 4) is 0 Å². The first kappa shape index (κ1) is 14.9. The van der Waals surface area contributed by atoms with Crippen LogP contribution in [0.3, 0.4) is 0 Å². The number of methoxy groups -OCH3 is 1. The summed E-state index contributed by atoms with van der Waals surface area (Å²) in [4.78, 5) is 22.4. The minimum atomic E-state index is -0.590. The third-order valence-corrected chi connectivity index (χ3v) is 2.11. The van der Waals surface area contributed by atoms with E-state index in [9.17, 15) is 9.59 Å². The molecule has 0 bridgehead atoms. The van der Waals surface area contributed by atoms with Gasteiger partial charge in [0.1, 0.15) is 0 Å². The first-order chi connectivity index (χ1) is 7.72. The number of carbonyl (C=O) groups excluding carboxylic acids is 2. The molecule has 5 nitrogen and oxygen atoms in total.